The van der Waals surface area contributed by atoms with E-state index in [1.807, 2.05) is 36.4 Å². The number of para-hydroxylation sites is 1. The molecule has 0 saturated carbocycles. The minimum absolute atomic E-state index is 0.0967. The summed E-state index contributed by atoms with van der Waals surface area (Å²) in [6.45, 7) is 1.29. The Morgan fingerprint density at radius 2 is 1.59 bits per heavy atom. The van der Waals surface area contributed by atoms with E-state index in [4.69, 9.17) is 16.7 Å². The molecule has 29 heavy (non-hydrogen) atoms. The third-order valence-electron chi connectivity index (χ3n) is 4.84. The molecule has 0 amide bonds. The van der Waals surface area contributed by atoms with Crippen LogP contribution in [0.25, 0.3) is 10.9 Å². The first kappa shape index (κ1) is 19.5. The first-order valence-corrected chi connectivity index (χ1v) is 11.0. The van der Waals surface area contributed by atoms with Crippen molar-refractivity contribution in [3.63, 3.8) is 0 Å². The summed E-state index contributed by atoms with van der Waals surface area (Å²) in [6, 6.07) is 22.5. The summed E-state index contributed by atoms with van der Waals surface area (Å²) in [5, 5.41) is 10.4. The minimum Gasteiger partial charge on any atom is -0.381 e. The van der Waals surface area contributed by atoms with Crippen LogP contribution in [0, 0.1) is 0 Å². The topological polar surface area (TPSA) is 77.1 Å². The Bertz CT molecular complexity index is 1260. The van der Waals surface area contributed by atoms with Crippen molar-refractivity contribution in [2.24, 2.45) is 5.14 Å². The number of anilines is 1. The predicted octanol–water partition coefficient (Wildman–Crippen LogP) is 4.60. The number of primary sulfonamides is 1. The van der Waals surface area contributed by atoms with Gasteiger partial charge >= 0.3 is 0 Å². The van der Waals surface area contributed by atoms with Crippen LogP contribution in [0.4, 0.5) is 5.69 Å². The van der Waals surface area contributed by atoms with Gasteiger partial charge in [0.1, 0.15) is 0 Å². The average molecular weight is 426 g/mol. The van der Waals surface area contributed by atoms with Crippen molar-refractivity contribution < 1.29 is 8.42 Å². The quantitative estimate of drug-likeness (QED) is 0.473. The number of nitrogens with zero attached hydrogens (tertiary/aromatic N) is 1. The molecule has 0 fully saturated rings. The zero-order valence-electron chi connectivity index (χ0n) is 15.5. The zero-order valence-corrected chi connectivity index (χ0v) is 17.1. The van der Waals surface area contributed by atoms with Gasteiger partial charge in [-0.1, -0.05) is 48.0 Å². The molecule has 3 N–H and O–H groups in total. The lowest BCUT2D eigenvalue weighted by atomic mass is 10.1. The fourth-order valence-electron chi connectivity index (χ4n) is 3.36. The van der Waals surface area contributed by atoms with Gasteiger partial charge in [0.2, 0.25) is 10.0 Å². The lowest BCUT2D eigenvalue weighted by Crippen LogP contribution is -2.12. The highest BCUT2D eigenvalue weighted by atomic mass is 35.5. The normalized spacial score (nSPS) is 11.7. The van der Waals surface area contributed by atoms with Crippen molar-refractivity contribution in [1.82, 2.24) is 4.57 Å². The molecule has 0 aliphatic carbocycles. The molecule has 0 saturated heterocycles. The number of fused-ring (bicyclic) bond motifs is 1. The first-order chi connectivity index (χ1) is 13.9. The van der Waals surface area contributed by atoms with Crippen molar-refractivity contribution in [3.8, 4) is 0 Å². The molecule has 4 aromatic rings. The Labute approximate surface area is 174 Å². The fourth-order valence-corrected chi connectivity index (χ4v) is 4.08. The molecule has 148 valence electrons. The van der Waals surface area contributed by atoms with Crippen molar-refractivity contribution in [1.29, 1.82) is 0 Å². The number of rotatable bonds is 6. The highest BCUT2D eigenvalue weighted by molar-refractivity contribution is 7.89. The Morgan fingerprint density at radius 1 is 0.897 bits per heavy atom. The van der Waals surface area contributed by atoms with E-state index >= 15 is 0 Å². The van der Waals surface area contributed by atoms with E-state index in [0.717, 1.165) is 32.7 Å². The summed E-state index contributed by atoms with van der Waals surface area (Å²) < 4.78 is 25.0. The summed E-state index contributed by atoms with van der Waals surface area (Å²) in [5.74, 6) is 0. The number of sulfonamides is 1. The molecule has 0 spiro atoms. The maximum Gasteiger partial charge on any atom is 0.238 e. The smallest absolute Gasteiger partial charge is 0.238 e. The van der Waals surface area contributed by atoms with Crippen molar-refractivity contribution >= 4 is 38.2 Å². The molecule has 0 atom stereocenters. The van der Waals surface area contributed by atoms with E-state index in [9.17, 15) is 8.42 Å². The molecule has 3 aromatic carbocycles. The van der Waals surface area contributed by atoms with E-state index in [1.165, 1.54) is 12.1 Å². The maximum absolute atomic E-state index is 11.4. The lowest BCUT2D eigenvalue weighted by molar-refractivity contribution is 0.598. The van der Waals surface area contributed by atoms with Gasteiger partial charge in [0.05, 0.1) is 4.90 Å². The van der Waals surface area contributed by atoms with Gasteiger partial charge in [-0.3, -0.25) is 0 Å². The molecule has 5 nitrogen and oxygen atoms in total. The number of halogens is 1. The van der Waals surface area contributed by atoms with Gasteiger partial charge in [-0.15, -0.1) is 0 Å². The van der Waals surface area contributed by atoms with Crippen LogP contribution in [0.3, 0.4) is 0 Å². The van der Waals surface area contributed by atoms with Crippen LogP contribution in [0.5, 0.6) is 0 Å². The monoisotopic (exact) mass is 425 g/mol. The third kappa shape index (κ3) is 4.29. The van der Waals surface area contributed by atoms with Crippen molar-refractivity contribution in [2.75, 3.05) is 5.32 Å². The average Bonchev–Trinajstić information content (AvgIpc) is 3.06. The summed E-state index contributed by atoms with van der Waals surface area (Å²) in [4.78, 5) is 0.0967. The standard InChI is InChI=1S/C22H20ClN3O2S/c23-21-7-3-1-5-16(21)14-26-15-17(20-6-2-4-8-22(20)26)13-25-18-9-11-19(12-10-18)29(24,27)28/h1-12,15,25H,13-14H2,(H2,24,27,28). The second-order valence-corrected chi connectivity index (χ2v) is 8.78. The summed E-state index contributed by atoms with van der Waals surface area (Å²) in [5.41, 5.74) is 4.16. The van der Waals surface area contributed by atoms with Gasteiger partial charge in [0, 0.05) is 40.9 Å². The molecule has 1 heterocycles. The highest BCUT2D eigenvalue weighted by Gasteiger charge is 2.10. The van der Waals surface area contributed by atoms with E-state index < -0.39 is 10.0 Å². The first-order valence-electron chi connectivity index (χ1n) is 9.09. The number of hydrogen-bond acceptors (Lipinski definition) is 3. The predicted molar refractivity (Wildman–Crippen MR) is 118 cm³/mol. The van der Waals surface area contributed by atoms with Crippen LogP contribution in [-0.2, 0) is 23.1 Å². The maximum atomic E-state index is 11.4. The number of hydrogen-bond donors (Lipinski definition) is 2. The van der Waals surface area contributed by atoms with E-state index in [-0.39, 0.29) is 4.90 Å². The molecule has 0 bridgehead atoms. The molecule has 0 unspecified atom stereocenters. The van der Waals surface area contributed by atoms with Crippen LogP contribution >= 0.6 is 11.6 Å². The summed E-state index contributed by atoms with van der Waals surface area (Å²) >= 11 is 6.34. The van der Waals surface area contributed by atoms with Crippen molar-refractivity contribution in [3.05, 3.63) is 95.1 Å². The van der Waals surface area contributed by atoms with Crippen LogP contribution in [0.1, 0.15) is 11.1 Å². The van der Waals surface area contributed by atoms with Crippen LogP contribution in [0.15, 0.2) is 83.9 Å². The number of nitrogens with two attached hydrogens (primary N) is 1. The van der Waals surface area contributed by atoms with Crippen LogP contribution < -0.4 is 10.5 Å². The van der Waals surface area contributed by atoms with Gasteiger partial charge in [-0.05, 0) is 47.5 Å². The molecule has 4 rings (SSSR count). The number of benzene rings is 3. The van der Waals surface area contributed by atoms with Gasteiger partial charge in [-0.25, -0.2) is 13.6 Å². The Hall–Kier alpha value is -2.80. The Morgan fingerprint density at radius 3 is 2.31 bits per heavy atom. The molecule has 7 heteroatoms. The van der Waals surface area contributed by atoms with Crippen molar-refractivity contribution in [2.45, 2.75) is 18.0 Å². The summed E-state index contributed by atoms with van der Waals surface area (Å²) in [6.07, 6.45) is 2.12. The van der Waals surface area contributed by atoms with Gasteiger partial charge in [0.25, 0.3) is 0 Å². The fraction of sp³-hybridized carbons (Fsp3) is 0.0909. The van der Waals surface area contributed by atoms with E-state index in [1.54, 1.807) is 12.1 Å². The third-order valence-corrected chi connectivity index (χ3v) is 6.13. The Balaban J connectivity index is 1.59. The largest absolute Gasteiger partial charge is 0.381 e. The molecule has 0 aliphatic rings. The highest BCUT2D eigenvalue weighted by Crippen LogP contribution is 2.25. The van der Waals surface area contributed by atoms with Gasteiger partial charge in [0.15, 0.2) is 0 Å². The molecule has 0 radical (unpaired) electrons. The second-order valence-electron chi connectivity index (χ2n) is 6.81. The molecule has 0 aliphatic heterocycles. The second kappa shape index (κ2) is 7.91. The van der Waals surface area contributed by atoms with E-state index in [2.05, 4.69) is 28.2 Å². The zero-order chi connectivity index (χ0) is 20.4. The Kier molecular flexibility index (Phi) is 5.32. The summed E-state index contributed by atoms with van der Waals surface area (Å²) in [7, 11) is -3.69. The molecular weight excluding hydrogens is 406 g/mol. The van der Waals surface area contributed by atoms with E-state index in [0.29, 0.717) is 13.1 Å². The van der Waals surface area contributed by atoms with Gasteiger partial charge < -0.3 is 9.88 Å². The van der Waals surface area contributed by atoms with Gasteiger partial charge in [-0.2, -0.15) is 0 Å². The molecular formula is C22H20ClN3O2S. The molecule has 1 aromatic heterocycles. The van der Waals surface area contributed by atoms with Crippen LogP contribution in [0.2, 0.25) is 5.02 Å². The SMILES string of the molecule is NS(=O)(=O)c1ccc(NCc2cn(Cc3ccccc3Cl)c3ccccc23)cc1. The van der Waals surface area contributed by atoms with Crippen LogP contribution in [-0.4, -0.2) is 13.0 Å². The minimum atomic E-state index is -3.69. The number of nitrogens with one attached hydrogen (secondary N) is 1. The lowest BCUT2D eigenvalue weighted by Gasteiger charge is -2.07. The number of aromatic nitrogens is 1.